The van der Waals surface area contributed by atoms with Crippen LogP contribution < -0.4 is 0 Å². The van der Waals surface area contributed by atoms with Gasteiger partial charge in [-0.05, 0) is 18.1 Å². The van der Waals surface area contributed by atoms with E-state index in [4.69, 9.17) is 0 Å². The van der Waals surface area contributed by atoms with E-state index in [1.807, 2.05) is 30.3 Å². The second-order valence-electron chi connectivity index (χ2n) is 5.09. The Bertz CT molecular complexity index is 620. The van der Waals surface area contributed by atoms with Crippen LogP contribution in [0.3, 0.4) is 0 Å². The van der Waals surface area contributed by atoms with E-state index in [-0.39, 0.29) is 11.7 Å². The largest absolute Gasteiger partial charge is 0.294 e. The molecule has 0 saturated heterocycles. The number of Topliss-reactive ketones (excluding diaryl/α,β-unsaturated/α-hetero) is 1. The Hall–Kier alpha value is -2.15. The van der Waals surface area contributed by atoms with Crippen LogP contribution in [0.4, 0.5) is 0 Å². The number of carbonyl (C=O) groups is 1. The first-order valence-corrected chi connectivity index (χ1v) is 6.61. The molecule has 0 aliphatic heterocycles. The molecule has 0 heterocycles. The van der Waals surface area contributed by atoms with E-state index >= 15 is 0 Å². The molecule has 0 fully saturated rings. The van der Waals surface area contributed by atoms with E-state index in [0.29, 0.717) is 6.42 Å². The number of benzene rings is 2. The molecule has 1 heteroatoms. The average molecular weight is 248 g/mol. The van der Waals surface area contributed by atoms with Gasteiger partial charge in [-0.1, -0.05) is 66.2 Å². The normalized spacial score (nSPS) is 18.5. The molecule has 1 aliphatic carbocycles. The minimum absolute atomic E-state index is 0.225. The lowest BCUT2D eigenvalue weighted by Crippen LogP contribution is -1.97. The number of aryl methyl sites for hydroxylation is 1. The Morgan fingerprint density at radius 1 is 0.947 bits per heavy atom. The zero-order chi connectivity index (χ0) is 13.2. The van der Waals surface area contributed by atoms with E-state index in [0.717, 1.165) is 11.1 Å². The highest BCUT2D eigenvalue weighted by molar-refractivity contribution is 6.23. The van der Waals surface area contributed by atoms with Crippen LogP contribution in [0.1, 0.15) is 29.0 Å². The molecule has 0 amide bonds. The summed E-state index contributed by atoms with van der Waals surface area (Å²) < 4.78 is 0. The van der Waals surface area contributed by atoms with Gasteiger partial charge in [-0.15, -0.1) is 0 Å². The molecule has 1 nitrogen and oxygen atoms in total. The second-order valence-corrected chi connectivity index (χ2v) is 5.09. The summed E-state index contributed by atoms with van der Waals surface area (Å²) in [6.07, 6.45) is 2.70. The van der Waals surface area contributed by atoms with E-state index < -0.39 is 0 Å². The zero-order valence-electron chi connectivity index (χ0n) is 11.0. The zero-order valence-corrected chi connectivity index (χ0v) is 11.0. The van der Waals surface area contributed by atoms with Crippen molar-refractivity contribution in [2.45, 2.75) is 19.3 Å². The summed E-state index contributed by atoms with van der Waals surface area (Å²) in [7, 11) is 0. The smallest absolute Gasteiger partial charge is 0.164 e. The highest BCUT2D eigenvalue weighted by Gasteiger charge is 2.25. The second kappa shape index (κ2) is 4.85. The maximum atomic E-state index is 12.2. The maximum absolute atomic E-state index is 12.2. The Balaban J connectivity index is 1.93. The van der Waals surface area contributed by atoms with Crippen molar-refractivity contribution in [3.8, 4) is 0 Å². The lowest BCUT2D eigenvalue weighted by Gasteiger charge is -2.06. The lowest BCUT2D eigenvalue weighted by atomic mass is 9.98. The van der Waals surface area contributed by atoms with Gasteiger partial charge in [0.15, 0.2) is 5.78 Å². The summed E-state index contributed by atoms with van der Waals surface area (Å²) in [5, 5.41) is 0. The summed E-state index contributed by atoms with van der Waals surface area (Å²) in [5.74, 6) is 0.472. The van der Waals surface area contributed by atoms with Crippen LogP contribution in [0.5, 0.6) is 0 Å². The Morgan fingerprint density at radius 2 is 1.63 bits per heavy atom. The van der Waals surface area contributed by atoms with Crippen LogP contribution >= 0.6 is 0 Å². The van der Waals surface area contributed by atoms with Crippen LogP contribution in [0.25, 0.3) is 5.57 Å². The van der Waals surface area contributed by atoms with Crippen molar-refractivity contribution in [3.63, 3.8) is 0 Å². The molecule has 0 spiro atoms. The summed E-state index contributed by atoms with van der Waals surface area (Å²) in [6.45, 7) is 2.08. The van der Waals surface area contributed by atoms with Crippen LogP contribution in [-0.2, 0) is 4.79 Å². The minimum atomic E-state index is 0.225. The quantitative estimate of drug-likeness (QED) is 0.780. The predicted octanol–water partition coefficient (Wildman–Crippen LogP) is 4.14. The SMILES string of the molecule is Cc1ccc(C2C=C(c3ccccc3)C(=O)C2)cc1. The van der Waals surface area contributed by atoms with Gasteiger partial charge >= 0.3 is 0 Å². The van der Waals surface area contributed by atoms with Crippen LogP contribution in [0.2, 0.25) is 0 Å². The van der Waals surface area contributed by atoms with Gasteiger partial charge in [-0.2, -0.15) is 0 Å². The van der Waals surface area contributed by atoms with Gasteiger partial charge in [-0.25, -0.2) is 0 Å². The summed E-state index contributed by atoms with van der Waals surface area (Å²) >= 11 is 0. The number of carbonyl (C=O) groups excluding carboxylic acids is 1. The van der Waals surface area contributed by atoms with Crippen molar-refractivity contribution < 1.29 is 4.79 Å². The van der Waals surface area contributed by atoms with Gasteiger partial charge < -0.3 is 0 Å². The van der Waals surface area contributed by atoms with Gasteiger partial charge in [0.05, 0.1) is 0 Å². The van der Waals surface area contributed by atoms with Gasteiger partial charge in [0.1, 0.15) is 0 Å². The molecule has 0 saturated carbocycles. The molecule has 1 atom stereocenters. The van der Waals surface area contributed by atoms with E-state index in [9.17, 15) is 4.79 Å². The molecule has 19 heavy (non-hydrogen) atoms. The summed E-state index contributed by atoms with van der Waals surface area (Å²) in [6, 6.07) is 18.4. The topological polar surface area (TPSA) is 17.1 Å². The fourth-order valence-corrected chi connectivity index (χ4v) is 2.57. The van der Waals surface area contributed by atoms with Crippen LogP contribution in [-0.4, -0.2) is 5.78 Å². The van der Waals surface area contributed by atoms with Crippen molar-refractivity contribution in [2.75, 3.05) is 0 Å². The fourth-order valence-electron chi connectivity index (χ4n) is 2.57. The molecule has 0 aromatic heterocycles. The van der Waals surface area contributed by atoms with Gasteiger partial charge in [0, 0.05) is 17.9 Å². The highest BCUT2D eigenvalue weighted by Crippen LogP contribution is 2.34. The first-order valence-electron chi connectivity index (χ1n) is 6.61. The predicted molar refractivity (Wildman–Crippen MR) is 78.0 cm³/mol. The average Bonchev–Trinajstić information content (AvgIpc) is 2.83. The Kier molecular flexibility index (Phi) is 3.04. The fraction of sp³-hybridized carbons (Fsp3) is 0.167. The molecule has 2 aromatic carbocycles. The van der Waals surface area contributed by atoms with Crippen LogP contribution in [0, 0.1) is 6.92 Å². The van der Waals surface area contributed by atoms with Crippen molar-refractivity contribution in [1.29, 1.82) is 0 Å². The Morgan fingerprint density at radius 3 is 2.32 bits per heavy atom. The lowest BCUT2D eigenvalue weighted by molar-refractivity contribution is -0.113. The standard InChI is InChI=1S/C18H16O/c1-13-7-9-14(10-8-13)16-11-17(18(19)12-16)15-5-3-2-4-6-15/h2-11,16H,12H2,1H3. The maximum Gasteiger partial charge on any atom is 0.164 e. The van der Waals surface area contributed by atoms with Crippen LogP contribution in [0.15, 0.2) is 60.7 Å². The number of hydrogen-bond donors (Lipinski definition) is 0. The number of rotatable bonds is 2. The third-order valence-corrected chi connectivity index (χ3v) is 3.66. The first-order chi connectivity index (χ1) is 9.24. The molecule has 0 bridgehead atoms. The molecule has 3 rings (SSSR count). The minimum Gasteiger partial charge on any atom is -0.294 e. The van der Waals surface area contributed by atoms with Gasteiger partial charge in [0.2, 0.25) is 0 Å². The monoisotopic (exact) mass is 248 g/mol. The van der Waals surface area contributed by atoms with Gasteiger partial charge in [-0.3, -0.25) is 4.79 Å². The molecular weight excluding hydrogens is 232 g/mol. The number of allylic oxidation sites excluding steroid dienone is 2. The summed E-state index contributed by atoms with van der Waals surface area (Å²) in [5.41, 5.74) is 4.37. The van der Waals surface area contributed by atoms with Crippen molar-refractivity contribution in [3.05, 3.63) is 77.4 Å². The molecule has 1 unspecified atom stereocenters. The third kappa shape index (κ3) is 2.37. The Labute approximate surface area is 113 Å². The third-order valence-electron chi connectivity index (χ3n) is 3.66. The molecule has 0 radical (unpaired) electrons. The van der Waals surface area contributed by atoms with Crippen molar-refractivity contribution in [2.24, 2.45) is 0 Å². The summed E-state index contributed by atoms with van der Waals surface area (Å²) in [4.78, 5) is 12.2. The molecule has 0 N–H and O–H groups in total. The molecular formula is C18H16O. The molecule has 94 valence electrons. The van der Waals surface area contributed by atoms with Crippen molar-refractivity contribution in [1.82, 2.24) is 0 Å². The molecule has 2 aromatic rings. The van der Waals surface area contributed by atoms with E-state index in [1.165, 1.54) is 11.1 Å². The number of ketones is 1. The van der Waals surface area contributed by atoms with E-state index in [1.54, 1.807) is 0 Å². The molecule has 1 aliphatic rings. The van der Waals surface area contributed by atoms with Crippen molar-refractivity contribution >= 4 is 11.4 Å². The van der Waals surface area contributed by atoms with Gasteiger partial charge in [0.25, 0.3) is 0 Å². The van der Waals surface area contributed by atoms with E-state index in [2.05, 4.69) is 37.3 Å². The highest BCUT2D eigenvalue weighted by atomic mass is 16.1. The first kappa shape index (κ1) is 11.9. The number of hydrogen-bond acceptors (Lipinski definition) is 1.